The number of piperazine rings is 1. The third kappa shape index (κ3) is 3.96. The Morgan fingerprint density at radius 1 is 1.21 bits per heavy atom. The fourth-order valence-corrected chi connectivity index (χ4v) is 3.69. The van der Waals surface area contributed by atoms with E-state index in [1.165, 1.54) is 0 Å². The van der Waals surface area contributed by atoms with Crippen molar-refractivity contribution in [3.05, 3.63) is 35.9 Å². The van der Waals surface area contributed by atoms with Crippen LogP contribution >= 0.6 is 0 Å². The number of piperidine rings is 1. The fourth-order valence-electron chi connectivity index (χ4n) is 3.69. The summed E-state index contributed by atoms with van der Waals surface area (Å²) in [4.78, 5) is 29.3. The van der Waals surface area contributed by atoms with E-state index in [2.05, 4.69) is 12.2 Å². The quantitative estimate of drug-likeness (QED) is 0.909. The van der Waals surface area contributed by atoms with Gasteiger partial charge in [0.25, 0.3) is 0 Å². The Labute approximate surface area is 144 Å². The first kappa shape index (κ1) is 17.0. The lowest BCUT2D eigenvalue weighted by Crippen LogP contribution is -2.56. The number of nitrogens with one attached hydrogen (secondary N) is 1. The Balaban J connectivity index is 1.59. The molecule has 2 fully saturated rings. The smallest absolute Gasteiger partial charge is 0.227 e. The molecular weight excluding hydrogens is 302 g/mol. The summed E-state index contributed by atoms with van der Waals surface area (Å²) in [6.07, 6.45) is 2.23. The van der Waals surface area contributed by atoms with Crippen molar-refractivity contribution in [1.82, 2.24) is 15.1 Å². The number of benzene rings is 1. The molecular formula is C19H27N3O2. The number of hydrogen-bond donors (Lipinski definition) is 1. The largest absolute Gasteiger partial charge is 0.342 e. The summed E-state index contributed by atoms with van der Waals surface area (Å²) in [5, 5.41) is 3.32. The predicted octanol–water partition coefficient (Wildman–Crippen LogP) is 1.29. The lowest BCUT2D eigenvalue weighted by molar-refractivity contribution is -0.142. The summed E-state index contributed by atoms with van der Waals surface area (Å²) in [6, 6.07) is 10.1. The summed E-state index contributed by atoms with van der Waals surface area (Å²) in [7, 11) is 0. The van der Waals surface area contributed by atoms with E-state index < -0.39 is 0 Å². The Kier molecular flexibility index (Phi) is 5.51. The molecule has 2 atom stereocenters. The monoisotopic (exact) mass is 329 g/mol. The van der Waals surface area contributed by atoms with E-state index in [1.807, 2.05) is 40.1 Å². The van der Waals surface area contributed by atoms with Crippen molar-refractivity contribution < 1.29 is 9.59 Å². The van der Waals surface area contributed by atoms with Gasteiger partial charge in [0.05, 0.1) is 12.3 Å². The lowest BCUT2D eigenvalue weighted by atomic mass is 9.95. The number of likely N-dealkylation sites (tertiary alicyclic amines) is 1. The van der Waals surface area contributed by atoms with E-state index >= 15 is 0 Å². The Morgan fingerprint density at radius 2 is 2.00 bits per heavy atom. The highest BCUT2D eigenvalue weighted by Crippen LogP contribution is 2.21. The standard InChI is InChI=1S/C19H27N3O2/c1-15-13-20-9-11-22(15)19(24)17-8-5-10-21(14-17)18(23)12-16-6-3-2-4-7-16/h2-4,6-7,15,17,20H,5,8-14H2,1H3/t15-,17?/m1/s1. The van der Waals surface area contributed by atoms with Crippen molar-refractivity contribution in [2.45, 2.75) is 32.2 Å². The van der Waals surface area contributed by atoms with Gasteiger partial charge in [-0.1, -0.05) is 30.3 Å². The van der Waals surface area contributed by atoms with Crippen molar-refractivity contribution in [1.29, 1.82) is 0 Å². The molecule has 0 bridgehead atoms. The molecule has 1 N–H and O–H groups in total. The fraction of sp³-hybridized carbons (Fsp3) is 0.579. The van der Waals surface area contributed by atoms with Crippen molar-refractivity contribution in [3.63, 3.8) is 0 Å². The van der Waals surface area contributed by atoms with E-state index in [-0.39, 0.29) is 23.8 Å². The van der Waals surface area contributed by atoms with Gasteiger partial charge < -0.3 is 15.1 Å². The molecule has 130 valence electrons. The van der Waals surface area contributed by atoms with Crippen LogP contribution in [0.15, 0.2) is 30.3 Å². The van der Waals surface area contributed by atoms with Crippen LogP contribution in [-0.2, 0) is 16.0 Å². The molecule has 2 aliphatic rings. The van der Waals surface area contributed by atoms with Gasteiger partial charge >= 0.3 is 0 Å². The van der Waals surface area contributed by atoms with Crippen molar-refractivity contribution in [3.8, 4) is 0 Å². The molecule has 1 aromatic carbocycles. The Hall–Kier alpha value is -1.88. The van der Waals surface area contributed by atoms with Crippen LogP contribution in [0.1, 0.15) is 25.3 Å². The average Bonchev–Trinajstić information content (AvgIpc) is 2.62. The number of amides is 2. The Morgan fingerprint density at radius 3 is 2.75 bits per heavy atom. The average molecular weight is 329 g/mol. The van der Waals surface area contributed by atoms with E-state index in [0.717, 1.165) is 44.6 Å². The van der Waals surface area contributed by atoms with Crippen molar-refractivity contribution >= 4 is 11.8 Å². The zero-order chi connectivity index (χ0) is 16.9. The van der Waals surface area contributed by atoms with Crippen LogP contribution in [-0.4, -0.2) is 60.4 Å². The molecule has 5 heteroatoms. The number of hydrogen-bond acceptors (Lipinski definition) is 3. The van der Waals surface area contributed by atoms with Gasteiger partial charge in [-0.3, -0.25) is 9.59 Å². The summed E-state index contributed by atoms with van der Waals surface area (Å²) >= 11 is 0. The molecule has 2 amide bonds. The van der Waals surface area contributed by atoms with Crippen LogP contribution in [0.25, 0.3) is 0 Å². The first-order valence-electron chi connectivity index (χ1n) is 8.98. The van der Waals surface area contributed by atoms with Gasteiger partial charge in [-0.15, -0.1) is 0 Å². The second kappa shape index (κ2) is 7.79. The third-order valence-electron chi connectivity index (χ3n) is 5.11. The minimum atomic E-state index is -0.0426. The molecule has 0 saturated carbocycles. The SMILES string of the molecule is C[C@@H]1CNCCN1C(=O)C1CCCN(C(=O)Cc2ccccc2)C1. The molecule has 1 aromatic rings. The molecule has 0 spiro atoms. The van der Waals surface area contributed by atoms with Crippen LogP contribution in [0.3, 0.4) is 0 Å². The van der Waals surface area contributed by atoms with Crippen LogP contribution < -0.4 is 5.32 Å². The summed E-state index contributed by atoms with van der Waals surface area (Å²) in [5.41, 5.74) is 1.03. The van der Waals surface area contributed by atoms with E-state index in [9.17, 15) is 9.59 Å². The number of nitrogens with zero attached hydrogens (tertiary/aromatic N) is 2. The highest BCUT2D eigenvalue weighted by Gasteiger charge is 2.33. The van der Waals surface area contributed by atoms with Gasteiger partial charge in [-0.2, -0.15) is 0 Å². The van der Waals surface area contributed by atoms with Gasteiger partial charge in [0.1, 0.15) is 0 Å². The van der Waals surface area contributed by atoms with Crippen LogP contribution in [0, 0.1) is 5.92 Å². The highest BCUT2D eigenvalue weighted by atomic mass is 16.2. The minimum absolute atomic E-state index is 0.0426. The normalized spacial score (nSPS) is 24.7. The molecule has 3 rings (SSSR count). The van der Waals surface area contributed by atoms with Gasteiger partial charge in [0.15, 0.2) is 0 Å². The van der Waals surface area contributed by atoms with Crippen LogP contribution in [0.2, 0.25) is 0 Å². The topological polar surface area (TPSA) is 52.7 Å². The van der Waals surface area contributed by atoms with Crippen molar-refractivity contribution in [2.75, 3.05) is 32.7 Å². The van der Waals surface area contributed by atoms with E-state index in [4.69, 9.17) is 0 Å². The zero-order valence-electron chi connectivity index (χ0n) is 14.4. The molecule has 0 aromatic heterocycles. The molecule has 2 aliphatic heterocycles. The van der Waals surface area contributed by atoms with Crippen molar-refractivity contribution in [2.24, 2.45) is 5.92 Å². The maximum absolute atomic E-state index is 12.9. The van der Waals surface area contributed by atoms with Crippen LogP contribution in [0.5, 0.6) is 0 Å². The van der Waals surface area contributed by atoms with Gasteiger partial charge in [-0.05, 0) is 25.3 Å². The molecule has 2 heterocycles. The first-order valence-corrected chi connectivity index (χ1v) is 8.98. The number of rotatable bonds is 3. The minimum Gasteiger partial charge on any atom is -0.342 e. The van der Waals surface area contributed by atoms with Gasteiger partial charge in [0.2, 0.25) is 11.8 Å². The van der Waals surface area contributed by atoms with Gasteiger partial charge in [-0.25, -0.2) is 0 Å². The Bertz CT molecular complexity index is 575. The molecule has 2 saturated heterocycles. The molecule has 0 aliphatic carbocycles. The summed E-state index contributed by atoms with van der Waals surface area (Å²) in [6.45, 7) is 5.92. The van der Waals surface area contributed by atoms with E-state index in [1.54, 1.807) is 0 Å². The molecule has 0 radical (unpaired) electrons. The second-order valence-corrected chi connectivity index (χ2v) is 6.93. The lowest BCUT2D eigenvalue weighted by Gasteiger charge is -2.39. The molecule has 24 heavy (non-hydrogen) atoms. The third-order valence-corrected chi connectivity index (χ3v) is 5.11. The first-order chi connectivity index (χ1) is 11.6. The predicted molar refractivity (Wildman–Crippen MR) is 93.5 cm³/mol. The van der Waals surface area contributed by atoms with E-state index in [0.29, 0.717) is 13.0 Å². The van der Waals surface area contributed by atoms with Gasteiger partial charge in [0, 0.05) is 38.8 Å². The maximum atomic E-state index is 12.9. The highest BCUT2D eigenvalue weighted by molar-refractivity contribution is 5.82. The molecule has 1 unspecified atom stereocenters. The number of carbonyl (C=O) groups is 2. The second-order valence-electron chi connectivity index (χ2n) is 6.93. The summed E-state index contributed by atoms with van der Waals surface area (Å²) in [5.74, 6) is 0.312. The summed E-state index contributed by atoms with van der Waals surface area (Å²) < 4.78 is 0. The maximum Gasteiger partial charge on any atom is 0.227 e. The number of carbonyl (C=O) groups excluding carboxylic acids is 2. The molecule has 5 nitrogen and oxygen atoms in total. The van der Waals surface area contributed by atoms with Crippen LogP contribution in [0.4, 0.5) is 0 Å². The zero-order valence-corrected chi connectivity index (χ0v) is 14.4.